The van der Waals surface area contributed by atoms with E-state index in [-0.39, 0.29) is 11.8 Å². The van der Waals surface area contributed by atoms with Crippen LogP contribution in [-0.4, -0.2) is 61.1 Å². The molecule has 0 saturated carbocycles. The third-order valence-corrected chi connectivity index (χ3v) is 7.14. The Morgan fingerprint density at radius 1 is 1.14 bits per heavy atom. The Kier molecular flexibility index (Phi) is 8.38. The Hall–Kier alpha value is -3.23. The van der Waals surface area contributed by atoms with E-state index < -0.39 is 0 Å². The largest absolute Gasteiger partial charge is 0.496 e. The second kappa shape index (κ2) is 11.7. The molecule has 1 fully saturated rings. The quantitative estimate of drug-likeness (QED) is 0.285. The van der Waals surface area contributed by atoms with Crippen LogP contribution in [0, 0.1) is 5.92 Å². The number of halogens is 1. The highest BCUT2D eigenvalue weighted by atomic mass is 35.5. The van der Waals surface area contributed by atoms with Crippen LogP contribution in [0.4, 0.5) is 5.69 Å². The Labute approximate surface area is 216 Å². The Bertz CT molecular complexity index is 1240. The summed E-state index contributed by atoms with van der Waals surface area (Å²) in [5, 5.41) is 7.38. The van der Waals surface area contributed by atoms with Gasteiger partial charge in [-0.25, -0.2) is 0 Å². The number of carbonyl (C=O) groups excluding carboxylic acids is 2. The Balaban J connectivity index is 1.15. The lowest BCUT2D eigenvalue weighted by Crippen LogP contribution is -2.31. The van der Waals surface area contributed by atoms with Gasteiger partial charge >= 0.3 is 0 Å². The second-order valence-electron chi connectivity index (χ2n) is 9.37. The van der Waals surface area contributed by atoms with Gasteiger partial charge in [0.2, 0.25) is 0 Å². The maximum absolute atomic E-state index is 12.7. The summed E-state index contributed by atoms with van der Waals surface area (Å²) in [5.41, 5.74) is 8.34. The molecule has 0 radical (unpaired) electrons. The van der Waals surface area contributed by atoms with E-state index in [1.165, 1.54) is 7.11 Å². The van der Waals surface area contributed by atoms with Gasteiger partial charge in [-0.15, -0.1) is 0 Å². The number of para-hydroxylation sites is 1. The van der Waals surface area contributed by atoms with Gasteiger partial charge in [0.25, 0.3) is 11.8 Å². The number of hydrogen-bond acceptors (Lipinski definition) is 5. The molecule has 2 heterocycles. The third kappa shape index (κ3) is 5.94. The minimum absolute atomic E-state index is 0.0252. The highest BCUT2D eigenvalue weighted by Gasteiger charge is 2.23. The fourth-order valence-electron chi connectivity index (χ4n) is 4.81. The van der Waals surface area contributed by atoms with E-state index in [1.807, 2.05) is 42.1 Å². The average molecular weight is 512 g/mol. The normalized spacial score (nSPS) is 15.8. The molecule has 0 unspecified atom stereocenters. The first-order valence-electron chi connectivity index (χ1n) is 12.3. The molecular weight excluding hydrogens is 478 g/mol. The molecule has 1 aliphatic rings. The number of methoxy groups -OCH3 is 1. The SMILES string of the molecule is COc1cc(N)c(Cl)cc1C(=O)NC[C@@H]1CCN(CCCCNC(=O)c2cn(C)c3ccccc23)C1. The zero-order valence-corrected chi connectivity index (χ0v) is 21.6. The number of fused-ring (bicyclic) bond motifs is 1. The lowest BCUT2D eigenvalue weighted by atomic mass is 10.1. The number of aromatic nitrogens is 1. The van der Waals surface area contributed by atoms with Crippen molar-refractivity contribution in [2.24, 2.45) is 13.0 Å². The van der Waals surface area contributed by atoms with E-state index in [0.717, 1.165) is 55.4 Å². The van der Waals surface area contributed by atoms with Gasteiger partial charge in [-0.2, -0.15) is 0 Å². The number of nitrogens with two attached hydrogens (primary N) is 1. The molecule has 0 aliphatic carbocycles. The van der Waals surface area contributed by atoms with E-state index in [0.29, 0.717) is 41.0 Å². The summed E-state index contributed by atoms with van der Waals surface area (Å²) < 4.78 is 7.26. The third-order valence-electron chi connectivity index (χ3n) is 6.81. The van der Waals surface area contributed by atoms with Crippen LogP contribution in [0.2, 0.25) is 5.02 Å². The summed E-state index contributed by atoms with van der Waals surface area (Å²) in [7, 11) is 3.46. The van der Waals surface area contributed by atoms with Crippen LogP contribution in [0.1, 0.15) is 40.0 Å². The average Bonchev–Trinajstić information content (AvgIpc) is 3.48. The number of benzene rings is 2. The zero-order valence-electron chi connectivity index (χ0n) is 20.9. The van der Waals surface area contributed by atoms with Gasteiger partial charge in [0.05, 0.1) is 28.9 Å². The minimum atomic E-state index is -0.214. The number of unbranched alkanes of at least 4 members (excludes halogenated alkanes) is 1. The smallest absolute Gasteiger partial charge is 0.255 e. The van der Waals surface area contributed by atoms with Gasteiger partial charge in [0.15, 0.2) is 0 Å². The highest BCUT2D eigenvalue weighted by molar-refractivity contribution is 6.33. The number of nitrogens with one attached hydrogen (secondary N) is 2. The van der Waals surface area contributed by atoms with Crippen molar-refractivity contribution in [3.8, 4) is 5.75 Å². The predicted octanol–water partition coefficient (Wildman–Crippen LogP) is 3.68. The maximum Gasteiger partial charge on any atom is 0.255 e. The number of hydrogen-bond donors (Lipinski definition) is 3. The van der Waals surface area contributed by atoms with Crippen LogP contribution < -0.4 is 21.1 Å². The molecule has 8 nitrogen and oxygen atoms in total. The van der Waals surface area contributed by atoms with Gasteiger partial charge in [0.1, 0.15) is 5.75 Å². The van der Waals surface area contributed by atoms with Gasteiger partial charge in [-0.3, -0.25) is 9.59 Å². The fourth-order valence-corrected chi connectivity index (χ4v) is 4.97. The summed E-state index contributed by atoms with van der Waals surface area (Å²) in [6.45, 7) is 4.20. The van der Waals surface area contributed by atoms with E-state index in [9.17, 15) is 9.59 Å². The molecule has 1 aliphatic heterocycles. The molecule has 1 saturated heterocycles. The molecule has 36 heavy (non-hydrogen) atoms. The number of amides is 2. The number of nitrogen functional groups attached to an aromatic ring is 1. The molecule has 4 N–H and O–H groups in total. The molecule has 0 spiro atoms. The topological polar surface area (TPSA) is 102 Å². The van der Waals surface area contributed by atoms with Crippen molar-refractivity contribution in [3.63, 3.8) is 0 Å². The Morgan fingerprint density at radius 3 is 2.72 bits per heavy atom. The molecule has 4 rings (SSSR count). The number of nitrogens with zero attached hydrogens (tertiary/aromatic N) is 2. The molecule has 2 amide bonds. The zero-order chi connectivity index (χ0) is 25.7. The first-order chi connectivity index (χ1) is 17.4. The van der Waals surface area contributed by atoms with Crippen LogP contribution in [0.3, 0.4) is 0 Å². The molecule has 0 bridgehead atoms. The summed E-state index contributed by atoms with van der Waals surface area (Å²) in [4.78, 5) is 27.7. The summed E-state index contributed by atoms with van der Waals surface area (Å²) in [6.07, 6.45) is 4.86. The van der Waals surface area contributed by atoms with Gasteiger partial charge in [0, 0.05) is 49.8 Å². The van der Waals surface area contributed by atoms with E-state index in [2.05, 4.69) is 15.5 Å². The number of aryl methyl sites for hydroxylation is 1. The molecule has 9 heteroatoms. The van der Waals surface area contributed by atoms with Gasteiger partial charge in [-0.1, -0.05) is 29.8 Å². The van der Waals surface area contributed by atoms with Gasteiger partial charge < -0.3 is 30.6 Å². The molecule has 1 aromatic heterocycles. The second-order valence-corrected chi connectivity index (χ2v) is 9.78. The number of carbonyl (C=O) groups is 2. The van der Waals surface area contributed by atoms with E-state index >= 15 is 0 Å². The van der Waals surface area contributed by atoms with Crippen LogP contribution in [0.15, 0.2) is 42.6 Å². The van der Waals surface area contributed by atoms with Crippen molar-refractivity contribution in [2.45, 2.75) is 19.3 Å². The number of anilines is 1. The Morgan fingerprint density at radius 2 is 1.92 bits per heavy atom. The van der Waals surface area contributed by atoms with Crippen molar-refractivity contribution in [1.29, 1.82) is 0 Å². The lowest BCUT2D eigenvalue weighted by molar-refractivity contribution is 0.0939. The monoisotopic (exact) mass is 511 g/mol. The molecule has 3 aromatic rings. The van der Waals surface area contributed by atoms with Crippen LogP contribution in [0.5, 0.6) is 5.75 Å². The summed E-state index contributed by atoms with van der Waals surface area (Å²) in [6, 6.07) is 11.1. The summed E-state index contributed by atoms with van der Waals surface area (Å²) >= 11 is 6.09. The van der Waals surface area contributed by atoms with Crippen molar-refractivity contribution in [3.05, 3.63) is 58.7 Å². The van der Waals surface area contributed by atoms with E-state index in [4.69, 9.17) is 22.1 Å². The standard InChI is InChI=1S/C27H34ClN5O3/c1-32-17-21(19-7-3-4-8-24(19)32)27(35)30-10-5-6-11-33-12-9-18(16-33)15-31-26(34)20-13-22(28)23(29)14-25(20)36-2/h3-4,7-8,13-14,17-18H,5-6,9-12,15-16,29H2,1-2H3,(H,30,35)(H,31,34)/t18-/m0/s1. The molecule has 1 atom stereocenters. The fraction of sp³-hybridized carbons (Fsp3) is 0.407. The number of ether oxygens (including phenoxy) is 1. The first-order valence-corrected chi connectivity index (χ1v) is 12.7. The predicted molar refractivity (Wildman–Crippen MR) is 144 cm³/mol. The highest BCUT2D eigenvalue weighted by Crippen LogP contribution is 2.29. The number of rotatable bonds is 10. The molecule has 192 valence electrons. The number of likely N-dealkylation sites (tertiary alicyclic amines) is 1. The van der Waals surface area contributed by atoms with Crippen molar-refractivity contribution in [2.75, 3.05) is 45.6 Å². The van der Waals surface area contributed by atoms with Crippen molar-refractivity contribution >= 4 is 40.0 Å². The van der Waals surface area contributed by atoms with Crippen LogP contribution >= 0.6 is 11.6 Å². The lowest BCUT2D eigenvalue weighted by Gasteiger charge is -2.17. The van der Waals surface area contributed by atoms with Gasteiger partial charge in [-0.05, 0) is 50.4 Å². The van der Waals surface area contributed by atoms with Crippen LogP contribution in [0.25, 0.3) is 10.9 Å². The first kappa shape index (κ1) is 25.9. The van der Waals surface area contributed by atoms with Crippen LogP contribution in [-0.2, 0) is 7.05 Å². The maximum atomic E-state index is 12.7. The minimum Gasteiger partial charge on any atom is -0.496 e. The van der Waals surface area contributed by atoms with Crippen molar-refractivity contribution in [1.82, 2.24) is 20.1 Å². The van der Waals surface area contributed by atoms with E-state index in [1.54, 1.807) is 12.1 Å². The molecule has 2 aromatic carbocycles. The summed E-state index contributed by atoms with van der Waals surface area (Å²) in [5.74, 6) is 0.571. The van der Waals surface area contributed by atoms with Crippen molar-refractivity contribution < 1.29 is 14.3 Å². The molecular formula is C27H34ClN5O3.